The molecule has 1 aliphatic rings. The Hall–Kier alpha value is -2.10. The number of nitrogens with zero attached hydrogens (tertiary/aromatic N) is 2. The minimum absolute atomic E-state index is 0.467. The standard InChI is InChI=1S/C25H24BrIN2O3/c1-30-24-15-19(14-23(26)25(24)32-17-18-2-4-20(27)5-3-18)16-28-21-6-8-22(9-7-21)29-10-12-31-13-11-29/h2-9,14-16H,10-13,17H2,1H3. The van der Waals surface area contributed by atoms with E-state index in [1.54, 1.807) is 7.11 Å². The summed E-state index contributed by atoms with van der Waals surface area (Å²) in [5, 5.41) is 0. The van der Waals surface area contributed by atoms with Gasteiger partial charge in [-0.15, -0.1) is 0 Å². The molecule has 3 aromatic carbocycles. The Morgan fingerprint density at radius 3 is 2.47 bits per heavy atom. The van der Waals surface area contributed by atoms with Gasteiger partial charge in [0.15, 0.2) is 11.5 Å². The van der Waals surface area contributed by atoms with E-state index in [2.05, 4.69) is 84.8 Å². The molecule has 32 heavy (non-hydrogen) atoms. The number of hydrogen-bond acceptors (Lipinski definition) is 5. The smallest absolute Gasteiger partial charge is 0.175 e. The number of ether oxygens (including phenoxy) is 3. The van der Waals surface area contributed by atoms with Crippen LogP contribution in [0.25, 0.3) is 0 Å². The first-order valence-electron chi connectivity index (χ1n) is 10.3. The first kappa shape index (κ1) is 23.1. The van der Waals surface area contributed by atoms with Gasteiger partial charge in [0.25, 0.3) is 0 Å². The number of morpholine rings is 1. The molecule has 166 valence electrons. The highest BCUT2D eigenvalue weighted by atomic mass is 127. The van der Waals surface area contributed by atoms with Gasteiger partial charge in [-0.3, -0.25) is 4.99 Å². The summed E-state index contributed by atoms with van der Waals surface area (Å²) >= 11 is 5.91. The highest BCUT2D eigenvalue weighted by Crippen LogP contribution is 2.37. The lowest BCUT2D eigenvalue weighted by Gasteiger charge is -2.28. The van der Waals surface area contributed by atoms with Gasteiger partial charge >= 0.3 is 0 Å². The second-order valence-corrected chi connectivity index (χ2v) is 9.42. The van der Waals surface area contributed by atoms with Crippen LogP contribution in [0.1, 0.15) is 11.1 Å². The predicted molar refractivity (Wildman–Crippen MR) is 141 cm³/mol. The summed E-state index contributed by atoms with van der Waals surface area (Å²) in [4.78, 5) is 6.95. The van der Waals surface area contributed by atoms with Crippen LogP contribution in [0.2, 0.25) is 0 Å². The largest absolute Gasteiger partial charge is 0.493 e. The number of methoxy groups -OCH3 is 1. The molecule has 5 nitrogen and oxygen atoms in total. The molecular weight excluding hydrogens is 583 g/mol. The number of halogens is 2. The van der Waals surface area contributed by atoms with Crippen LogP contribution in [-0.2, 0) is 11.3 Å². The van der Waals surface area contributed by atoms with Gasteiger partial charge in [0.2, 0.25) is 0 Å². The zero-order chi connectivity index (χ0) is 22.3. The maximum atomic E-state index is 6.04. The van der Waals surface area contributed by atoms with Crippen LogP contribution in [-0.4, -0.2) is 39.6 Å². The number of anilines is 1. The molecule has 1 aliphatic heterocycles. The van der Waals surface area contributed by atoms with Crippen molar-refractivity contribution in [2.75, 3.05) is 38.3 Å². The van der Waals surface area contributed by atoms with Gasteiger partial charge in [0, 0.05) is 28.6 Å². The fourth-order valence-electron chi connectivity index (χ4n) is 3.41. The van der Waals surface area contributed by atoms with E-state index in [9.17, 15) is 0 Å². The van der Waals surface area contributed by atoms with Crippen molar-refractivity contribution in [2.24, 2.45) is 4.99 Å². The van der Waals surface area contributed by atoms with Crippen molar-refractivity contribution in [2.45, 2.75) is 6.61 Å². The molecule has 4 rings (SSSR count). The lowest BCUT2D eigenvalue weighted by molar-refractivity contribution is 0.122. The molecule has 0 spiro atoms. The number of rotatable bonds is 7. The highest BCUT2D eigenvalue weighted by Gasteiger charge is 2.12. The maximum absolute atomic E-state index is 6.04. The van der Waals surface area contributed by atoms with Crippen LogP contribution in [0.3, 0.4) is 0 Å². The van der Waals surface area contributed by atoms with Crippen LogP contribution in [0, 0.1) is 3.57 Å². The fourth-order valence-corrected chi connectivity index (χ4v) is 4.34. The molecule has 0 saturated carbocycles. The molecule has 3 aromatic rings. The molecule has 0 N–H and O–H groups in total. The Morgan fingerprint density at radius 1 is 1.06 bits per heavy atom. The van der Waals surface area contributed by atoms with Gasteiger partial charge in [-0.2, -0.15) is 0 Å². The third-order valence-corrected chi connectivity index (χ3v) is 6.45. The second-order valence-electron chi connectivity index (χ2n) is 7.32. The molecule has 0 atom stereocenters. The summed E-state index contributed by atoms with van der Waals surface area (Å²) in [6.07, 6.45) is 1.83. The Kier molecular flexibility index (Phi) is 8.05. The topological polar surface area (TPSA) is 43.3 Å². The summed E-state index contributed by atoms with van der Waals surface area (Å²) in [5.74, 6) is 1.34. The van der Waals surface area contributed by atoms with Crippen LogP contribution in [0.4, 0.5) is 11.4 Å². The van der Waals surface area contributed by atoms with Crippen molar-refractivity contribution in [3.05, 3.63) is 79.8 Å². The average Bonchev–Trinajstić information content (AvgIpc) is 2.83. The molecule has 1 saturated heterocycles. The molecule has 1 heterocycles. The molecular formula is C25H24BrIN2O3. The van der Waals surface area contributed by atoms with Crippen LogP contribution < -0.4 is 14.4 Å². The lowest BCUT2D eigenvalue weighted by Crippen LogP contribution is -2.36. The van der Waals surface area contributed by atoms with Crippen molar-refractivity contribution in [1.29, 1.82) is 0 Å². The molecule has 0 unspecified atom stereocenters. The Balaban J connectivity index is 1.44. The van der Waals surface area contributed by atoms with Gasteiger partial charge in [-0.05, 0) is 98.2 Å². The van der Waals surface area contributed by atoms with Crippen LogP contribution in [0.15, 0.2) is 70.1 Å². The van der Waals surface area contributed by atoms with E-state index in [1.165, 1.54) is 9.26 Å². The lowest BCUT2D eigenvalue weighted by atomic mass is 10.2. The predicted octanol–water partition coefficient (Wildman–Crippen LogP) is 6.23. The van der Waals surface area contributed by atoms with Gasteiger partial charge in [-0.25, -0.2) is 0 Å². The third kappa shape index (κ3) is 6.02. The number of aliphatic imine (C=N–C) groups is 1. The molecule has 0 bridgehead atoms. The van der Waals surface area contributed by atoms with E-state index >= 15 is 0 Å². The van der Waals surface area contributed by atoms with Crippen LogP contribution in [0.5, 0.6) is 11.5 Å². The summed E-state index contributed by atoms with van der Waals surface area (Å²) in [5.41, 5.74) is 4.13. The minimum atomic E-state index is 0.467. The van der Waals surface area contributed by atoms with Gasteiger partial charge in [0.05, 0.1) is 30.5 Å². The Morgan fingerprint density at radius 2 is 1.78 bits per heavy atom. The van der Waals surface area contributed by atoms with E-state index in [0.29, 0.717) is 18.1 Å². The quantitative estimate of drug-likeness (QED) is 0.236. The normalized spacial score (nSPS) is 14.0. The number of benzene rings is 3. The van der Waals surface area contributed by atoms with Crippen molar-refractivity contribution < 1.29 is 14.2 Å². The van der Waals surface area contributed by atoms with Crippen molar-refractivity contribution in [3.63, 3.8) is 0 Å². The van der Waals surface area contributed by atoms with E-state index in [0.717, 1.165) is 47.6 Å². The van der Waals surface area contributed by atoms with E-state index in [4.69, 9.17) is 14.2 Å². The first-order chi connectivity index (χ1) is 15.6. The molecule has 0 radical (unpaired) electrons. The fraction of sp³-hybridized carbons (Fsp3) is 0.240. The minimum Gasteiger partial charge on any atom is -0.493 e. The monoisotopic (exact) mass is 606 g/mol. The molecule has 0 aliphatic carbocycles. The van der Waals surface area contributed by atoms with E-state index in [-0.39, 0.29) is 0 Å². The van der Waals surface area contributed by atoms with Gasteiger partial charge < -0.3 is 19.1 Å². The first-order valence-corrected chi connectivity index (χ1v) is 12.2. The average molecular weight is 607 g/mol. The SMILES string of the molecule is COc1cc(C=Nc2ccc(N3CCOCC3)cc2)cc(Br)c1OCc1ccc(I)cc1. The van der Waals surface area contributed by atoms with E-state index in [1.807, 2.05) is 30.5 Å². The van der Waals surface area contributed by atoms with Crippen LogP contribution >= 0.6 is 38.5 Å². The molecule has 1 fully saturated rings. The van der Waals surface area contributed by atoms with Crippen molar-refractivity contribution in [1.82, 2.24) is 0 Å². The Bertz CT molecular complexity index is 1070. The molecule has 0 amide bonds. The maximum Gasteiger partial charge on any atom is 0.175 e. The summed E-state index contributed by atoms with van der Waals surface area (Å²) in [7, 11) is 1.64. The zero-order valence-corrected chi connectivity index (χ0v) is 21.5. The summed E-state index contributed by atoms with van der Waals surface area (Å²) in [6, 6.07) is 20.5. The number of hydrogen-bond donors (Lipinski definition) is 0. The van der Waals surface area contributed by atoms with Gasteiger partial charge in [-0.1, -0.05) is 12.1 Å². The summed E-state index contributed by atoms with van der Waals surface area (Å²) in [6.45, 7) is 3.87. The van der Waals surface area contributed by atoms with Crippen molar-refractivity contribution in [3.8, 4) is 11.5 Å². The van der Waals surface area contributed by atoms with Gasteiger partial charge in [0.1, 0.15) is 6.61 Å². The zero-order valence-electron chi connectivity index (χ0n) is 17.8. The third-order valence-electron chi connectivity index (χ3n) is 5.14. The Labute approximate surface area is 210 Å². The highest BCUT2D eigenvalue weighted by molar-refractivity contribution is 14.1. The van der Waals surface area contributed by atoms with Crippen molar-refractivity contribution >= 4 is 56.1 Å². The summed E-state index contributed by atoms with van der Waals surface area (Å²) < 4.78 is 19.1. The molecule has 0 aromatic heterocycles. The second kappa shape index (κ2) is 11.2. The van der Waals surface area contributed by atoms with E-state index < -0.39 is 0 Å². The molecule has 7 heteroatoms.